The first-order chi connectivity index (χ1) is 6.70. The lowest BCUT2D eigenvalue weighted by molar-refractivity contribution is 0.373. The second-order valence-electron chi connectivity index (χ2n) is 3.60. The molecule has 0 bridgehead atoms. The Morgan fingerprint density at radius 3 is 2.71 bits per heavy atom. The number of halogens is 1. The predicted octanol–water partition coefficient (Wildman–Crippen LogP) is 4.21. The fourth-order valence-corrected chi connectivity index (χ4v) is 2.02. The van der Waals surface area contributed by atoms with Gasteiger partial charge in [-0.3, -0.25) is 0 Å². The maximum absolute atomic E-state index is 5.37. The van der Waals surface area contributed by atoms with Gasteiger partial charge < -0.3 is 4.52 Å². The highest BCUT2D eigenvalue weighted by atomic mass is 127. The first-order valence-corrected chi connectivity index (χ1v) is 6.54. The lowest BCUT2D eigenvalue weighted by Gasteiger charge is -2.02. The van der Waals surface area contributed by atoms with Crippen molar-refractivity contribution < 1.29 is 4.52 Å². The highest BCUT2D eigenvalue weighted by Crippen LogP contribution is 2.30. The van der Waals surface area contributed by atoms with Gasteiger partial charge >= 0.3 is 0 Å². The molecule has 1 heterocycles. The van der Waals surface area contributed by atoms with Crippen molar-refractivity contribution >= 4 is 22.6 Å². The number of aryl methyl sites for hydroxylation is 1. The van der Waals surface area contributed by atoms with E-state index >= 15 is 0 Å². The molecular formula is C11H18INO. The molecule has 0 amide bonds. The molecule has 0 aliphatic carbocycles. The van der Waals surface area contributed by atoms with Gasteiger partial charge in [0, 0.05) is 12.0 Å². The number of unbranched alkanes of at least 4 members (excludes halogenated alkanes) is 1. The average Bonchev–Trinajstić information content (AvgIpc) is 2.56. The molecule has 1 atom stereocenters. The zero-order valence-electron chi connectivity index (χ0n) is 9.14. The van der Waals surface area contributed by atoms with Gasteiger partial charge in [-0.05, 0) is 19.8 Å². The molecular weight excluding hydrogens is 289 g/mol. The summed E-state index contributed by atoms with van der Waals surface area (Å²) >= 11 is 2.43. The first-order valence-electron chi connectivity index (χ1n) is 5.29. The summed E-state index contributed by atoms with van der Waals surface area (Å²) in [6.07, 6.45) is 4.54. The second-order valence-corrected chi connectivity index (χ2v) is 5.10. The van der Waals surface area contributed by atoms with E-state index in [1.165, 1.54) is 18.4 Å². The van der Waals surface area contributed by atoms with Crippen LogP contribution in [0.15, 0.2) is 4.52 Å². The standard InChI is InChI=1S/C11H18INO/c1-4-6-7-10-8(3)11(13-14-10)9(12)5-2/h9H,4-7H2,1-3H3. The van der Waals surface area contributed by atoms with Crippen LogP contribution in [0, 0.1) is 6.92 Å². The Balaban J connectivity index is 2.74. The first kappa shape index (κ1) is 12.0. The van der Waals surface area contributed by atoms with Crippen molar-refractivity contribution in [2.24, 2.45) is 0 Å². The second kappa shape index (κ2) is 5.73. The van der Waals surface area contributed by atoms with Gasteiger partial charge in [0.25, 0.3) is 0 Å². The van der Waals surface area contributed by atoms with Crippen molar-refractivity contribution in [2.45, 2.75) is 50.4 Å². The third-order valence-electron chi connectivity index (χ3n) is 2.47. The third kappa shape index (κ3) is 2.72. The topological polar surface area (TPSA) is 26.0 Å². The minimum atomic E-state index is 0.492. The Morgan fingerprint density at radius 2 is 2.14 bits per heavy atom. The summed E-state index contributed by atoms with van der Waals surface area (Å²) in [5, 5.41) is 4.16. The number of hydrogen-bond acceptors (Lipinski definition) is 2. The van der Waals surface area contributed by atoms with E-state index in [9.17, 15) is 0 Å². The summed E-state index contributed by atoms with van der Waals surface area (Å²) < 4.78 is 5.86. The van der Waals surface area contributed by atoms with Crippen LogP contribution in [0.25, 0.3) is 0 Å². The molecule has 2 nitrogen and oxygen atoms in total. The maximum Gasteiger partial charge on any atom is 0.139 e. The fourth-order valence-electron chi connectivity index (χ4n) is 1.44. The van der Waals surface area contributed by atoms with Crippen molar-refractivity contribution in [3.8, 4) is 0 Å². The number of alkyl halides is 1. The fraction of sp³-hybridized carbons (Fsp3) is 0.727. The van der Waals surface area contributed by atoms with Gasteiger partial charge in [-0.15, -0.1) is 0 Å². The van der Waals surface area contributed by atoms with E-state index in [1.54, 1.807) is 0 Å². The van der Waals surface area contributed by atoms with Crippen molar-refractivity contribution in [1.29, 1.82) is 0 Å². The Kier molecular flexibility index (Phi) is 4.92. The van der Waals surface area contributed by atoms with Gasteiger partial charge in [0.05, 0.1) is 9.62 Å². The molecule has 0 fully saturated rings. The summed E-state index contributed by atoms with van der Waals surface area (Å²) in [6.45, 7) is 6.49. The normalized spacial score (nSPS) is 13.1. The SMILES string of the molecule is CCCCc1onc(C(I)CC)c1C. The van der Waals surface area contributed by atoms with Crippen LogP contribution in [0.5, 0.6) is 0 Å². The van der Waals surface area contributed by atoms with Crippen molar-refractivity contribution in [3.05, 3.63) is 17.0 Å². The molecule has 3 heteroatoms. The zero-order chi connectivity index (χ0) is 10.6. The van der Waals surface area contributed by atoms with Crippen LogP contribution in [0.1, 0.15) is 54.1 Å². The largest absolute Gasteiger partial charge is 0.361 e. The molecule has 0 saturated heterocycles. The molecule has 0 spiro atoms. The highest BCUT2D eigenvalue weighted by Gasteiger charge is 2.16. The highest BCUT2D eigenvalue weighted by molar-refractivity contribution is 14.1. The Bertz CT molecular complexity index is 283. The van der Waals surface area contributed by atoms with E-state index in [2.05, 4.69) is 48.5 Å². The average molecular weight is 307 g/mol. The smallest absolute Gasteiger partial charge is 0.139 e. The summed E-state index contributed by atoms with van der Waals surface area (Å²) in [7, 11) is 0. The third-order valence-corrected chi connectivity index (χ3v) is 3.94. The van der Waals surface area contributed by atoms with Crippen LogP contribution in [0.4, 0.5) is 0 Å². The Morgan fingerprint density at radius 1 is 1.43 bits per heavy atom. The minimum absolute atomic E-state index is 0.492. The molecule has 0 saturated carbocycles. The number of nitrogens with zero attached hydrogens (tertiary/aromatic N) is 1. The van der Waals surface area contributed by atoms with E-state index in [0.717, 1.165) is 24.3 Å². The van der Waals surface area contributed by atoms with Crippen LogP contribution in [0.2, 0.25) is 0 Å². The van der Waals surface area contributed by atoms with Crippen molar-refractivity contribution in [2.75, 3.05) is 0 Å². The number of rotatable bonds is 5. The summed E-state index contributed by atoms with van der Waals surface area (Å²) in [5.74, 6) is 1.08. The van der Waals surface area contributed by atoms with E-state index in [1.807, 2.05) is 0 Å². The molecule has 14 heavy (non-hydrogen) atoms. The van der Waals surface area contributed by atoms with E-state index < -0.39 is 0 Å². The molecule has 0 aliphatic rings. The molecule has 0 aliphatic heterocycles. The minimum Gasteiger partial charge on any atom is -0.361 e. The Hall–Kier alpha value is -0.0600. The van der Waals surface area contributed by atoms with Crippen LogP contribution >= 0.6 is 22.6 Å². The van der Waals surface area contributed by atoms with Crippen LogP contribution in [0.3, 0.4) is 0 Å². The number of aromatic nitrogens is 1. The number of hydrogen-bond donors (Lipinski definition) is 0. The van der Waals surface area contributed by atoms with Gasteiger partial charge in [-0.1, -0.05) is 48.0 Å². The summed E-state index contributed by atoms with van der Waals surface area (Å²) in [5.41, 5.74) is 2.40. The van der Waals surface area contributed by atoms with Crippen molar-refractivity contribution in [3.63, 3.8) is 0 Å². The van der Waals surface area contributed by atoms with E-state index in [4.69, 9.17) is 4.52 Å². The molecule has 0 aromatic carbocycles. The van der Waals surface area contributed by atoms with E-state index in [0.29, 0.717) is 3.92 Å². The van der Waals surface area contributed by atoms with Gasteiger partial charge in [0.2, 0.25) is 0 Å². The molecule has 1 unspecified atom stereocenters. The van der Waals surface area contributed by atoms with Crippen LogP contribution in [-0.4, -0.2) is 5.16 Å². The molecule has 1 rings (SSSR count). The zero-order valence-corrected chi connectivity index (χ0v) is 11.3. The van der Waals surface area contributed by atoms with E-state index in [-0.39, 0.29) is 0 Å². The lowest BCUT2D eigenvalue weighted by atomic mass is 10.1. The van der Waals surface area contributed by atoms with Gasteiger partial charge in [0.1, 0.15) is 5.76 Å². The predicted molar refractivity (Wildman–Crippen MR) is 66.9 cm³/mol. The monoisotopic (exact) mass is 307 g/mol. The maximum atomic E-state index is 5.37. The van der Waals surface area contributed by atoms with Crippen LogP contribution < -0.4 is 0 Å². The molecule has 1 aromatic rings. The molecule has 1 aromatic heterocycles. The van der Waals surface area contributed by atoms with Crippen LogP contribution in [-0.2, 0) is 6.42 Å². The lowest BCUT2D eigenvalue weighted by Crippen LogP contribution is -1.91. The van der Waals surface area contributed by atoms with Gasteiger partial charge in [0.15, 0.2) is 0 Å². The molecule has 0 N–H and O–H groups in total. The molecule has 0 radical (unpaired) electrons. The summed E-state index contributed by atoms with van der Waals surface area (Å²) in [6, 6.07) is 0. The Labute approximate surface area is 99.6 Å². The quantitative estimate of drug-likeness (QED) is 0.601. The summed E-state index contributed by atoms with van der Waals surface area (Å²) in [4.78, 5) is 0. The van der Waals surface area contributed by atoms with Gasteiger partial charge in [-0.2, -0.15) is 0 Å². The van der Waals surface area contributed by atoms with Crippen molar-refractivity contribution in [1.82, 2.24) is 5.16 Å². The molecule has 80 valence electrons. The van der Waals surface area contributed by atoms with Gasteiger partial charge in [-0.25, -0.2) is 0 Å².